The van der Waals surface area contributed by atoms with Crippen molar-refractivity contribution in [3.05, 3.63) is 16.3 Å². The van der Waals surface area contributed by atoms with Crippen molar-refractivity contribution in [3.63, 3.8) is 0 Å². The number of amides is 1. The average molecular weight is 374 g/mol. The van der Waals surface area contributed by atoms with Gasteiger partial charge in [-0.25, -0.2) is 13.2 Å². The summed E-state index contributed by atoms with van der Waals surface area (Å²) >= 11 is 1.06. The van der Waals surface area contributed by atoms with Gasteiger partial charge >= 0.3 is 5.97 Å². The molecule has 3 rings (SSSR count). The molecule has 8 nitrogen and oxygen atoms in total. The minimum absolute atomic E-state index is 0.0118. The minimum Gasteiger partial charge on any atom is -0.479 e. The average Bonchev–Trinajstić information content (AvgIpc) is 3.26. The number of carboxylic acid groups (broad SMARTS) is 1. The molecule has 2 saturated heterocycles. The molecule has 1 unspecified atom stereocenters. The van der Waals surface area contributed by atoms with E-state index < -0.39 is 28.0 Å². The number of aliphatic carboxylic acids is 1. The molecule has 3 heterocycles. The van der Waals surface area contributed by atoms with Crippen molar-refractivity contribution >= 4 is 33.2 Å². The third-order valence-corrected chi connectivity index (χ3v) is 7.11. The third-order valence-electron chi connectivity index (χ3n) is 4.14. The smallest absolute Gasteiger partial charge is 0.334 e. The second-order valence-electron chi connectivity index (χ2n) is 5.67. The summed E-state index contributed by atoms with van der Waals surface area (Å²) in [6.07, 6.45) is 0.550. The molecule has 10 heteroatoms. The van der Waals surface area contributed by atoms with Gasteiger partial charge in [0, 0.05) is 19.6 Å². The number of nitrogens with zero attached hydrogens (tertiary/aromatic N) is 2. The standard InChI is InChI=1S/C14H18N2O6S2/c17-13(15-6-7-22-10(9-15)14(18)19)12-11(3-8-23-12)24(20,21)16-4-1-2-5-16/h3,8,10H,1-2,4-7,9H2,(H,18,19). The number of sulfonamides is 1. The van der Waals surface area contributed by atoms with Crippen molar-refractivity contribution in [1.82, 2.24) is 9.21 Å². The summed E-state index contributed by atoms with van der Waals surface area (Å²) in [5, 5.41) is 10.6. The van der Waals surface area contributed by atoms with Crippen molar-refractivity contribution in [1.29, 1.82) is 0 Å². The van der Waals surface area contributed by atoms with E-state index in [2.05, 4.69) is 0 Å². The Balaban J connectivity index is 1.84. The van der Waals surface area contributed by atoms with E-state index in [0.717, 1.165) is 24.2 Å². The molecule has 24 heavy (non-hydrogen) atoms. The summed E-state index contributed by atoms with van der Waals surface area (Å²) in [4.78, 5) is 25.3. The highest BCUT2D eigenvalue weighted by atomic mass is 32.2. The van der Waals surface area contributed by atoms with Crippen LogP contribution in [0.15, 0.2) is 16.3 Å². The first-order chi connectivity index (χ1) is 11.4. The molecule has 1 amide bonds. The Morgan fingerprint density at radius 1 is 1.25 bits per heavy atom. The highest BCUT2D eigenvalue weighted by Gasteiger charge is 2.35. The van der Waals surface area contributed by atoms with E-state index in [1.165, 1.54) is 15.3 Å². The van der Waals surface area contributed by atoms with Crippen LogP contribution in [0.4, 0.5) is 0 Å². The fourth-order valence-corrected chi connectivity index (χ4v) is 5.73. The molecule has 0 aromatic carbocycles. The number of carbonyl (C=O) groups is 2. The number of hydrogen-bond donors (Lipinski definition) is 1. The van der Waals surface area contributed by atoms with Crippen LogP contribution in [0.5, 0.6) is 0 Å². The van der Waals surface area contributed by atoms with Gasteiger partial charge in [-0.3, -0.25) is 4.79 Å². The highest BCUT2D eigenvalue weighted by molar-refractivity contribution is 7.89. The second-order valence-corrected chi connectivity index (χ2v) is 8.50. The maximum Gasteiger partial charge on any atom is 0.334 e. The molecule has 132 valence electrons. The molecule has 2 fully saturated rings. The molecule has 2 aliphatic heterocycles. The second kappa shape index (κ2) is 6.79. The zero-order chi connectivity index (χ0) is 17.3. The van der Waals surface area contributed by atoms with E-state index in [-0.39, 0.29) is 29.5 Å². The third kappa shape index (κ3) is 3.18. The molecule has 0 radical (unpaired) electrons. The summed E-state index contributed by atoms with van der Waals surface area (Å²) in [5.41, 5.74) is 0. The molecular weight excluding hydrogens is 356 g/mol. The van der Waals surface area contributed by atoms with Crippen LogP contribution < -0.4 is 0 Å². The van der Waals surface area contributed by atoms with Crippen LogP contribution in [0.25, 0.3) is 0 Å². The van der Waals surface area contributed by atoms with Crippen molar-refractivity contribution in [2.75, 3.05) is 32.8 Å². The first kappa shape index (κ1) is 17.3. The molecular formula is C14H18N2O6S2. The fraction of sp³-hybridized carbons (Fsp3) is 0.571. The minimum atomic E-state index is -3.69. The van der Waals surface area contributed by atoms with Crippen LogP contribution in [0.2, 0.25) is 0 Å². The number of ether oxygens (including phenoxy) is 1. The fourth-order valence-electron chi connectivity index (χ4n) is 2.85. The van der Waals surface area contributed by atoms with Crippen molar-refractivity contribution in [3.8, 4) is 0 Å². The van der Waals surface area contributed by atoms with Crippen molar-refractivity contribution in [2.45, 2.75) is 23.8 Å². The molecule has 0 bridgehead atoms. The number of carbonyl (C=O) groups excluding carboxylic acids is 1. The zero-order valence-corrected chi connectivity index (χ0v) is 14.5. The van der Waals surface area contributed by atoms with Gasteiger partial charge in [0.05, 0.1) is 13.2 Å². The van der Waals surface area contributed by atoms with Gasteiger partial charge in [0.1, 0.15) is 9.77 Å². The van der Waals surface area contributed by atoms with E-state index in [1.54, 1.807) is 5.38 Å². The number of rotatable bonds is 4. The van der Waals surface area contributed by atoms with Crippen molar-refractivity contribution < 1.29 is 27.9 Å². The number of thiophene rings is 1. The van der Waals surface area contributed by atoms with Gasteiger partial charge in [-0.2, -0.15) is 4.31 Å². The Bertz CT molecular complexity index is 738. The van der Waals surface area contributed by atoms with E-state index >= 15 is 0 Å². The van der Waals surface area contributed by atoms with Gasteiger partial charge in [-0.1, -0.05) is 0 Å². The summed E-state index contributed by atoms with van der Waals surface area (Å²) in [6, 6.07) is 1.45. The monoisotopic (exact) mass is 374 g/mol. The Morgan fingerprint density at radius 2 is 1.96 bits per heavy atom. The van der Waals surface area contributed by atoms with Gasteiger partial charge in [0.15, 0.2) is 6.10 Å². The molecule has 1 N–H and O–H groups in total. The maximum absolute atomic E-state index is 12.7. The van der Waals surface area contributed by atoms with Crippen LogP contribution in [-0.4, -0.2) is 73.5 Å². The predicted octanol–water partition coefficient (Wildman–Crippen LogP) is 0.458. The highest BCUT2D eigenvalue weighted by Crippen LogP contribution is 2.29. The predicted molar refractivity (Wildman–Crippen MR) is 85.6 cm³/mol. The molecule has 1 aromatic rings. The molecule has 1 atom stereocenters. The van der Waals surface area contributed by atoms with Crippen LogP contribution in [0.1, 0.15) is 22.5 Å². The Morgan fingerprint density at radius 3 is 2.62 bits per heavy atom. The Hall–Kier alpha value is -1.49. The SMILES string of the molecule is O=C(O)C1CN(C(=O)c2sccc2S(=O)(=O)N2CCCC2)CCO1. The lowest BCUT2D eigenvalue weighted by atomic mass is 10.2. The van der Waals surface area contributed by atoms with Crippen LogP contribution >= 0.6 is 11.3 Å². The number of morpholine rings is 1. The molecule has 0 saturated carbocycles. The van der Waals surface area contributed by atoms with E-state index in [0.29, 0.717) is 13.1 Å². The summed E-state index contributed by atoms with van der Waals surface area (Å²) in [7, 11) is -3.69. The van der Waals surface area contributed by atoms with Gasteiger partial charge in [0.2, 0.25) is 10.0 Å². The molecule has 0 spiro atoms. The maximum atomic E-state index is 12.7. The normalized spacial score (nSPS) is 22.7. The zero-order valence-electron chi connectivity index (χ0n) is 12.9. The van der Waals surface area contributed by atoms with Crippen LogP contribution in [-0.2, 0) is 19.6 Å². The van der Waals surface area contributed by atoms with Crippen molar-refractivity contribution in [2.24, 2.45) is 0 Å². The summed E-state index contributed by atoms with van der Waals surface area (Å²) in [5.74, 6) is -1.60. The Labute approximate surface area is 143 Å². The van der Waals surface area contributed by atoms with Gasteiger partial charge in [-0.15, -0.1) is 11.3 Å². The molecule has 2 aliphatic rings. The lowest BCUT2D eigenvalue weighted by molar-refractivity contribution is -0.154. The molecule has 1 aromatic heterocycles. The lowest BCUT2D eigenvalue weighted by Gasteiger charge is -2.30. The van der Waals surface area contributed by atoms with Gasteiger partial charge < -0.3 is 14.7 Å². The van der Waals surface area contributed by atoms with Gasteiger partial charge in [-0.05, 0) is 24.3 Å². The first-order valence-corrected chi connectivity index (χ1v) is 9.94. The first-order valence-electron chi connectivity index (χ1n) is 7.62. The van der Waals surface area contributed by atoms with E-state index in [1.807, 2.05) is 0 Å². The summed E-state index contributed by atoms with van der Waals surface area (Å²) in [6.45, 7) is 1.19. The largest absolute Gasteiger partial charge is 0.479 e. The van der Waals surface area contributed by atoms with E-state index in [9.17, 15) is 18.0 Å². The quantitative estimate of drug-likeness (QED) is 0.821. The summed E-state index contributed by atoms with van der Waals surface area (Å²) < 4.78 is 31.9. The van der Waals surface area contributed by atoms with Crippen LogP contribution in [0.3, 0.4) is 0 Å². The number of carboxylic acids is 1. The molecule has 0 aliphatic carbocycles. The Kier molecular flexibility index (Phi) is 4.90. The van der Waals surface area contributed by atoms with Crippen LogP contribution in [0, 0.1) is 0 Å². The topological polar surface area (TPSA) is 104 Å². The van der Waals surface area contributed by atoms with Gasteiger partial charge in [0.25, 0.3) is 5.91 Å². The van der Waals surface area contributed by atoms with E-state index in [4.69, 9.17) is 9.84 Å². The lowest BCUT2D eigenvalue weighted by Crippen LogP contribution is -2.48. The number of hydrogen-bond acceptors (Lipinski definition) is 6.